The molecular weight excluding hydrogens is 340 g/mol. The molecule has 2 aromatic heterocycles. The lowest BCUT2D eigenvalue weighted by Gasteiger charge is -2.29. The molecule has 0 radical (unpaired) electrons. The van der Waals surface area contributed by atoms with Gasteiger partial charge in [0.1, 0.15) is 11.5 Å². The SMILES string of the molecule is COc1cccc(OC)c1CN1CCc2nc(-c3cccnc3)ncc2C1. The zero-order chi connectivity index (χ0) is 18.6. The van der Waals surface area contributed by atoms with E-state index >= 15 is 0 Å². The van der Waals surface area contributed by atoms with Gasteiger partial charge in [0.15, 0.2) is 5.82 Å². The van der Waals surface area contributed by atoms with Crippen molar-refractivity contribution in [1.82, 2.24) is 19.9 Å². The Labute approximate surface area is 158 Å². The van der Waals surface area contributed by atoms with Crippen molar-refractivity contribution < 1.29 is 9.47 Å². The van der Waals surface area contributed by atoms with Crippen LogP contribution in [0.3, 0.4) is 0 Å². The van der Waals surface area contributed by atoms with Crippen LogP contribution in [0, 0.1) is 0 Å². The maximum Gasteiger partial charge on any atom is 0.160 e. The van der Waals surface area contributed by atoms with E-state index in [0.717, 1.165) is 60.2 Å². The molecule has 0 spiro atoms. The largest absolute Gasteiger partial charge is 0.496 e. The molecule has 1 aliphatic rings. The van der Waals surface area contributed by atoms with E-state index in [4.69, 9.17) is 14.5 Å². The number of methoxy groups -OCH3 is 2. The summed E-state index contributed by atoms with van der Waals surface area (Å²) in [5.74, 6) is 2.44. The molecule has 0 atom stereocenters. The van der Waals surface area contributed by atoms with Crippen molar-refractivity contribution in [2.24, 2.45) is 0 Å². The molecule has 1 aromatic carbocycles. The van der Waals surface area contributed by atoms with Gasteiger partial charge >= 0.3 is 0 Å². The lowest BCUT2D eigenvalue weighted by atomic mass is 10.1. The number of aromatic nitrogens is 3. The lowest BCUT2D eigenvalue weighted by Crippen LogP contribution is -2.31. The van der Waals surface area contributed by atoms with Crippen LogP contribution in [0.2, 0.25) is 0 Å². The van der Waals surface area contributed by atoms with Gasteiger partial charge in [0.25, 0.3) is 0 Å². The number of nitrogens with zero attached hydrogens (tertiary/aromatic N) is 4. The van der Waals surface area contributed by atoms with Crippen LogP contribution >= 0.6 is 0 Å². The smallest absolute Gasteiger partial charge is 0.160 e. The summed E-state index contributed by atoms with van der Waals surface area (Å²) >= 11 is 0. The second kappa shape index (κ2) is 7.72. The fraction of sp³-hybridized carbons (Fsp3) is 0.286. The first-order chi connectivity index (χ1) is 13.3. The van der Waals surface area contributed by atoms with Crippen molar-refractivity contribution in [3.8, 4) is 22.9 Å². The summed E-state index contributed by atoms with van der Waals surface area (Å²) in [7, 11) is 3.38. The highest BCUT2D eigenvalue weighted by molar-refractivity contribution is 5.53. The van der Waals surface area contributed by atoms with Gasteiger partial charge in [0.2, 0.25) is 0 Å². The van der Waals surface area contributed by atoms with Gasteiger partial charge in [-0.25, -0.2) is 9.97 Å². The minimum atomic E-state index is 0.738. The molecule has 0 fully saturated rings. The maximum absolute atomic E-state index is 5.53. The number of hydrogen-bond donors (Lipinski definition) is 0. The molecule has 0 bridgehead atoms. The van der Waals surface area contributed by atoms with Crippen LogP contribution < -0.4 is 9.47 Å². The van der Waals surface area contributed by atoms with Crippen LogP contribution in [0.25, 0.3) is 11.4 Å². The van der Waals surface area contributed by atoms with Crippen LogP contribution in [-0.4, -0.2) is 40.6 Å². The lowest BCUT2D eigenvalue weighted by molar-refractivity contribution is 0.235. The minimum Gasteiger partial charge on any atom is -0.496 e. The number of hydrogen-bond acceptors (Lipinski definition) is 6. The number of fused-ring (bicyclic) bond motifs is 1. The Balaban J connectivity index is 1.55. The third-order valence-corrected chi connectivity index (χ3v) is 4.84. The summed E-state index contributed by atoms with van der Waals surface area (Å²) in [4.78, 5) is 15.8. The van der Waals surface area contributed by atoms with Gasteiger partial charge in [0, 0.05) is 55.8 Å². The van der Waals surface area contributed by atoms with Crippen LogP contribution in [0.4, 0.5) is 0 Å². The first-order valence-electron chi connectivity index (χ1n) is 8.96. The predicted octanol–water partition coefficient (Wildman–Crippen LogP) is 3.11. The van der Waals surface area contributed by atoms with E-state index in [1.165, 1.54) is 5.56 Å². The van der Waals surface area contributed by atoms with Crippen LogP contribution in [0.5, 0.6) is 11.5 Å². The Morgan fingerprint density at radius 2 is 1.85 bits per heavy atom. The van der Waals surface area contributed by atoms with Crippen LogP contribution in [0.15, 0.2) is 48.9 Å². The molecule has 1 aliphatic heterocycles. The highest BCUT2D eigenvalue weighted by Crippen LogP contribution is 2.31. The quantitative estimate of drug-likeness (QED) is 0.695. The van der Waals surface area contributed by atoms with Crippen molar-refractivity contribution in [1.29, 1.82) is 0 Å². The molecule has 27 heavy (non-hydrogen) atoms. The number of ether oxygens (including phenoxy) is 2. The van der Waals surface area contributed by atoms with Crippen molar-refractivity contribution in [3.05, 3.63) is 65.7 Å². The second-order valence-electron chi connectivity index (χ2n) is 6.51. The molecule has 4 rings (SSSR count). The molecule has 0 unspecified atom stereocenters. The van der Waals surface area contributed by atoms with E-state index in [1.807, 2.05) is 36.5 Å². The number of pyridine rings is 1. The molecular formula is C21H22N4O2. The van der Waals surface area contributed by atoms with Crippen LogP contribution in [-0.2, 0) is 19.5 Å². The van der Waals surface area contributed by atoms with E-state index in [9.17, 15) is 0 Å². The molecule has 0 saturated heterocycles. The predicted molar refractivity (Wildman–Crippen MR) is 103 cm³/mol. The molecule has 3 heterocycles. The summed E-state index contributed by atoms with van der Waals surface area (Å²) in [5, 5.41) is 0. The Bertz CT molecular complexity index is 908. The molecule has 0 saturated carbocycles. The number of benzene rings is 1. The van der Waals surface area contributed by atoms with E-state index in [2.05, 4.69) is 14.9 Å². The summed E-state index contributed by atoms with van der Waals surface area (Å²) in [6.45, 7) is 2.50. The number of rotatable bonds is 5. The molecule has 6 nitrogen and oxygen atoms in total. The van der Waals surface area contributed by atoms with Gasteiger partial charge < -0.3 is 9.47 Å². The van der Waals surface area contributed by atoms with Crippen molar-refractivity contribution >= 4 is 0 Å². The Hall–Kier alpha value is -2.99. The Morgan fingerprint density at radius 3 is 2.56 bits per heavy atom. The normalized spacial score (nSPS) is 13.9. The maximum atomic E-state index is 5.53. The fourth-order valence-electron chi connectivity index (χ4n) is 3.45. The van der Waals surface area contributed by atoms with Crippen LogP contribution in [0.1, 0.15) is 16.8 Å². The Kier molecular flexibility index (Phi) is 4.98. The Morgan fingerprint density at radius 1 is 1.04 bits per heavy atom. The van der Waals surface area contributed by atoms with E-state index in [0.29, 0.717) is 0 Å². The molecule has 0 aliphatic carbocycles. The van der Waals surface area contributed by atoms with E-state index in [-0.39, 0.29) is 0 Å². The summed E-state index contributed by atoms with van der Waals surface area (Å²) < 4.78 is 11.1. The van der Waals surface area contributed by atoms with Gasteiger partial charge in [-0.1, -0.05) is 6.07 Å². The molecule has 0 N–H and O–H groups in total. The summed E-state index contributed by atoms with van der Waals surface area (Å²) in [6.07, 6.45) is 6.38. The average molecular weight is 362 g/mol. The summed E-state index contributed by atoms with van der Waals surface area (Å²) in [6, 6.07) is 9.77. The van der Waals surface area contributed by atoms with Crippen molar-refractivity contribution in [3.63, 3.8) is 0 Å². The zero-order valence-electron chi connectivity index (χ0n) is 15.6. The molecule has 0 amide bonds. The van der Waals surface area contributed by atoms with Crippen molar-refractivity contribution in [2.45, 2.75) is 19.5 Å². The van der Waals surface area contributed by atoms with Crippen molar-refractivity contribution in [2.75, 3.05) is 20.8 Å². The van der Waals surface area contributed by atoms with E-state index < -0.39 is 0 Å². The topological polar surface area (TPSA) is 60.4 Å². The summed E-state index contributed by atoms with van der Waals surface area (Å²) in [5.41, 5.74) is 4.30. The van der Waals surface area contributed by atoms with Gasteiger partial charge in [-0.3, -0.25) is 9.88 Å². The van der Waals surface area contributed by atoms with Gasteiger partial charge in [-0.15, -0.1) is 0 Å². The molecule has 3 aromatic rings. The minimum absolute atomic E-state index is 0.738. The molecule has 6 heteroatoms. The van der Waals surface area contributed by atoms with Gasteiger partial charge in [-0.05, 0) is 24.3 Å². The second-order valence-corrected chi connectivity index (χ2v) is 6.51. The molecule has 138 valence electrons. The highest BCUT2D eigenvalue weighted by Gasteiger charge is 2.21. The monoisotopic (exact) mass is 362 g/mol. The zero-order valence-corrected chi connectivity index (χ0v) is 15.6. The van der Waals surface area contributed by atoms with Gasteiger partial charge in [-0.2, -0.15) is 0 Å². The highest BCUT2D eigenvalue weighted by atomic mass is 16.5. The average Bonchev–Trinajstić information content (AvgIpc) is 2.74. The first kappa shape index (κ1) is 17.4. The van der Waals surface area contributed by atoms with E-state index in [1.54, 1.807) is 26.6 Å². The third kappa shape index (κ3) is 3.61. The fourth-order valence-corrected chi connectivity index (χ4v) is 3.45. The first-order valence-corrected chi connectivity index (χ1v) is 8.96. The van der Waals surface area contributed by atoms with Gasteiger partial charge in [0.05, 0.1) is 25.5 Å². The standard InChI is InChI=1S/C21H22N4O2/c1-26-19-6-3-7-20(27-2)17(19)14-25-10-8-18-16(13-25)12-23-21(24-18)15-5-4-9-22-11-15/h3-7,9,11-12H,8,10,13-14H2,1-2H3. The third-order valence-electron chi connectivity index (χ3n) is 4.84.